The summed E-state index contributed by atoms with van der Waals surface area (Å²) in [7, 11) is 3.53. The number of rotatable bonds is 7. The lowest BCUT2D eigenvalue weighted by molar-refractivity contribution is -0.143. The molecule has 8 heteroatoms. The van der Waals surface area contributed by atoms with Crippen molar-refractivity contribution in [3.8, 4) is 0 Å². The molecule has 2 heterocycles. The zero-order valence-electron chi connectivity index (χ0n) is 16.5. The lowest BCUT2D eigenvalue weighted by atomic mass is 9.95. The highest BCUT2D eigenvalue weighted by atomic mass is 35.5. The van der Waals surface area contributed by atoms with Gasteiger partial charge in [-0.3, -0.25) is 20.4 Å². The number of methoxy groups -OCH3 is 1. The highest BCUT2D eigenvalue weighted by molar-refractivity contribution is 6.30. The number of likely N-dealkylation sites (N-methyl/N-ethyl adjacent to an activating group) is 1. The van der Waals surface area contributed by atoms with E-state index in [9.17, 15) is 9.59 Å². The molecule has 7 nitrogen and oxygen atoms in total. The number of carbonyl (C=O) groups is 2. The number of benzene rings is 1. The average Bonchev–Trinajstić information content (AvgIpc) is 3.12. The Balaban J connectivity index is 1.53. The molecule has 3 unspecified atom stereocenters. The van der Waals surface area contributed by atoms with Crippen molar-refractivity contribution in [1.82, 2.24) is 20.7 Å². The standard InChI is InChI=1S/C20H29ClN4O3/c1-24(12-17-9-18(13-28-2)23-22-17)20(27)15-5-8-19(26)25(11-15)10-14-3-6-16(21)7-4-14/h3-4,6-7,15,17-18,22-23H,5,8-13H2,1-2H3. The molecule has 0 aromatic heterocycles. The summed E-state index contributed by atoms with van der Waals surface area (Å²) < 4.78 is 5.17. The Labute approximate surface area is 171 Å². The van der Waals surface area contributed by atoms with Crippen LogP contribution in [0.15, 0.2) is 24.3 Å². The monoisotopic (exact) mass is 408 g/mol. The maximum Gasteiger partial charge on any atom is 0.227 e. The second kappa shape index (κ2) is 9.69. The van der Waals surface area contributed by atoms with Crippen molar-refractivity contribution in [2.24, 2.45) is 5.92 Å². The molecule has 2 aliphatic rings. The lowest BCUT2D eigenvalue weighted by Gasteiger charge is -2.34. The van der Waals surface area contributed by atoms with E-state index in [0.717, 1.165) is 12.0 Å². The van der Waals surface area contributed by atoms with Crippen molar-refractivity contribution in [1.29, 1.82) is 0 Å². The molecule has 2 amide bonds. The van der Waals surface area contributed by atoms with E-state index < -0.39 is 0 Å². The number of hydrogen-bond acceptors (Lipinski definition) is 5. The van der Waals surface area contributed by atoms with Gasteiger partial charge in [-0.25, -0.2) is 0 Å². The fourth-order valence-corrected chi connectivity index (χ4v) is 4.07. The summed E-state index contributed by atoms with van der Waals surface area (Å²) in [4.78, 5) is 28.8. The smallest absolute Gasteiger partial charge is 0.227 e. The number of nitrogens with one attached hydrogen (secondary N) is 2. The van der Waals surface area contributed by atoms with Gasteiger partial charge in [0.25, 0.3) is 0 Å². The molecule has 28 heavy (non-hydrogen) atoms. The summed E-state index contributed by atoms with van der Waals surface area (Å²) in [6.07, 6.45) is 1.94. The zero-order valence-corrected chi connectivity index (χ0v) is 17.2. The van der Waals surface area contributed by atoms with E-state index in [1.54, 1.807) is 16.9 Å². The fraction of sp³-hybridized carbons (Fsp3) is 0.600. The molecule has 2 saturated heterocycles. The van der Waals surface area contributed by atoms with Crippen LogP contribution in [-0.4, -0.2) is 67.6 Å². The van der Waals surface area contributed by atoms with E-state index in [4.69, 9.17) is 16.3 Å². The summed E-state index contributed by atoms with van der Waals surface area (Å²) in [5, 5.41) is 0.672. The minimum atomic E-state index is -0.154. The highest BCUT2D eigenvalue weighted by Gasteiger charge is 2.33. The Morgan fingerprint density at radius 3 is 2.71 bits per heavy atom. The summed E-state index contributed by atoms with van der Waals surface area (Å²) >= 11 is 5.93. The molecule has 0 saturated carbocycles. The first kappa shape index (κ1) is 21.0. The summed E-state index contributed by atoms with van der Waals surface area (Å²) in [6.45, 7) is 2.25. The number of hydrazine groups is 1. The van der Waals surface area contributed by atoms with E-state index in [-0.39, 0.29) is 29.8 Å². The minimum Gasteiger partial charge on any atom is -0.383 e. The van der Waals surface area contributed by atoms with Crippen molar-refractivity contribution in [3.05, 3.63) is 34.9 Å². The Morgan fingerprint density at radius 1 is 1.29 bits per heavy atom. The van der Waals surface area contributed by atoms with Crippen LogP contribution >= 0.6 is 11.6 Å². The quantitative estimate of drug-likeness (QED) is 0.713. The van der Waals surface area contributed by atoms with E-state index in [1.807, 2.05) is 31.3 Å². The van der Waals surface area contributed by atoms with Gasteiger partial charge < -0.3 is 14.5 Å². The van der Waals surface area contributed by atoms with Crippen molar-refractivity contribution < 1.29 is 14.3 Å². The van der Waals surface area contributed by atoms with Crippen LogP contribution in [0, 0.1) is 5.92 Å². The molecule has 1 aromatic carbocycles. The molecule has 0 spiro atoms. The molecule has 3 atom stereocenters. The molecule has 154 valence electrons. The van der Waals surface area contributed by atoms with Gasteiger partial charge in [0, 0.05) is 57.3 Å². The molecule has 0 radical (unpaired) electrons. The van der Waals surface area contributed by atoms with Crippen molar-refractivity contribution >= 4 is 23.4 Å². The number of hydrogen-bond donors (Lipinski definition) is 2. The second-order valence-corrected chi connectivity index (χ2v) is 8.17. The van der Waals surface area contributed by atoms with Gasteiger partial charge in [0.05, 0.1) is 12.5 Å². The molecule has 0 bridgehead atoms. The van der Waals surface area contributed by atoms with E-state index in [2.05, 4.69) is 10.9 Å². The molecular formula is C20H29ClN4O3. The van der Waals surface area contributed by atoms with Crippen LogP contribution in [0.1, 0.15) is 24.8 Å². The van der Waals surface area contributed by atoms with Gasteiger partial charge in [0.15, 0.2) is 0 Å². The number of amides is 2. The zero-order chi connectivity index (χ0) is 20.1. The lowest BCUT2D eigenvalue weighted by Crippen LogP contribution is -2.48. The maximum atomic E-state index is 12.9. The third-order valence-electron chi connectivity index (χ3n) is 5.44. The van der Waals surface area contributed by atoms with Gasteiger partial charge in [-0.1, -0.05) is 23.7 Å². The predicted octanol–water partition coefficient (Wildman–Crippen LogP) is 1.42. The van der Waals surface area contributed by atoms with E-state index >= 15 is 0 Å². The van der Waals surface area contributed by atoms with Crippen LogP contribution in [0.5, 0.6) is 0 Å². The average molecular weight is 409 g/mol. The molecule has 2 aliphatic heterocycles. The molecule has 2 N–H and O–H groups in total. The number of likely N-dealkylation sites (tertiary alicyclic amines) is 1. The van der Waals surface area contributed by atoms with Gasteiger partial charge in [-0.15, -0.1) is 0 Å². The maximum absolute atomic E-state index is 12.9. The van der Waals surface area contributed by atoms with Crippen molar-refractivity contribution in [3.63, 3.8) is 0 Å². The van der Waals surface area contributed by atoms with E-state index in [0.29, 0.717) is 44.1 Å². The summed E-state index contributed by atoms with van der Waals surface area (Å²) in [6, 6.07) is 7.94. The van der Waals surface area contributed by atoms with Gasteiger partial charge in [-0.05, 0) is 30.5 Å². The first-order valence-electron chi connectivity index (χ1n) is 9.73. The van der Waals surface area contributed by atoms with Crippen LogP contribution in [0.2, 0.25) is 5.02 Å². The van der Waals surface area contributed by atoms with Crippen LogP contribution in [-0.2, 0) is 20.9 Å². The van der Waals surface area contributed by atoms with Crippen LogP contribution < -0.4 is 10.9 Å². The number of halogens is 1. The van der Waals surface area contributed by atoms with Crippen LogP contribution in [0.4, 0.5) is 0 Å². The van der Waals surface area contributed by atoms with Crippen LogP contribution in [0.3, 0.4) is 0 Å². The molecule has 3 rings (SSSR count). The largest absolute Gasteiger partial charge is 0.383 e. The highest BCUT2D eigenvalue weighted by Crippen LogP contribution is 2.22. The molecule has 1 aromatic rings. The first-order chi connectivity index (χ1) is 13.5. The number of nitrogens with zero attached hydrogens (tertiary/aromatic N) is 2. The number of piperidine rings is 1. The van der Waals surface area contributed by atoms with Gasteiger partial charge in [0.2, 0.25) is 11.8 Å². The molecular weight excluding hydrogens is 380 g/mol. The topological polar surface area (TPSA) is 73.9 Å². The minimum absolute atomic E-state index is 0.102. The predicted molar refractivity (Wildman–Crippen MR) is 108 cm³/mol. The fourth-order valence-electron chi connectivity index (χ4n) is 3.94. The number of carbonyl (C=O) groups excluding carboxylic acids is 2. The second-order valence-electron chi connectivity index (χ2n) is 7.73. The van der Waals surface area contributed by atoms with Gasteiger partial charge >= 0.3 is 0 Å². The Kier molecular flexibility index (Phi) is 7.29. The SMILES string of the molecule is COCC1CC(CN(C)C(=O)C2CCC(=O)N(Cc3ccc(Cl)cc3)C2)NN1. The Bertz CT molecular complexity index is 685. The van der Waals surface area contributed by atoms with Crippen molar-refractivity contribution in [2.45, 2.75) is 37.9 Å². The normalized spacial score (nSPS) is 25.2. The van der Waals surface area contributed by atoms with Gasteiger partial charge in [-0.2, -0.15) is 0 Å². The summed E-state index contributed by atoms with van der Waals surface area (Å²) in [5.74, 6) is 0.0513. The van der Waals surface area contributed by atoms with E-state index in [1.165, 1.54) is 0 Å². The van der Waals surface area contributed by atoms with Crippen LogP contribution in [0.25, 0.3) is 0 Å². The van der Waals surface area contributed by atoms with Crippen molar-refractivity contribution in [2.75, 3.05) is 33.9 Å². The Morgan fingerprint density at radius 2 is 2.00 bits per heavy atom. The number of ether oxygens (including phenoxy) is 1. The third kappa shape index (κ3) is 5.44. The summed E-state index contributed by atoms with van der Waals surface area (Å²) in [5.41, 5.74) is 7.45. The molecule has 2 fully saturated rings. The third-order valence-corrected chi connectivity index (χ3v) is 5.69. The molecule has 0 aliphatic carbocycles. The first-order valence-corrected chi connectivity index (χ1v) is 10.1. The van der Waals surface area contributed by atoms with Gasteiger partial charge in [0.1, 0.15) is 0 Å². The Hall–Kier alpha value is -1.67.